The molecule has 1 aromatic heterocycles. The molecule has 7 aromatic carbocycles. The maximum Gasteiger partial charge on any atom is 0.145 e. The molecule has 4 atom stereocenters. The second-order valence-electron chi connectivity index (χ2n) is 14.9. The fourth-order valence-corrected chi connectivity index (χ4v) is 9.18. The molecule has 0 amide bonds. The number of allylic oxidation sites excluding steroid dienone is 2. The van der Waals surface area contributed by atoms with Crippen molar-refractivity contribution >= 4 is 28.0 Å². The molecule has 0 bridgehead atoms. The van der Waals surface area contributed by atoms with Crippen molar-refractivity contribution in [3.8, 4) is 44.7 Å². The van der Waals surface area contributed by atoms with Crippen molar-refractivity contribution < 1.29 is 4.42 Å². The summed E-state index contributed by atoms with van der Waals surface area (Å²) in [6.07, 6.45) is 8.92. The molecule has 1 aliphatic carbocycles. The van der Waals surface area contributed by atoms with Gasteiger partial charge in [-0.1, -0.05) is 170 Å². The molecule has 1 saturated heterocycles. The molecule has 0 spiro atoms. The number of benzene rings is 7. The fourth-order valence-electron chi connectivity index (χ4n) is 9.18. The third-order valence-corrected chi connectivity index (χ3v) is 11.7. The number of nitrogens with one attached hydrogen (secondary N) is 2. The summed E-state index contributed by atoms with van der Waals surface area (Å²) in [4.78, 5) is 2.43. The first-order chi connectivity index (χ1) is 27.8. The smallest absolute Gasteiger partial charge is 0.145 e. The molecule has 268 valence electrons. The molecule has 4 nitrogen and oxygen atoms in total. The van der Waals surface area contributed by atoms with Crippen LogP contribution in [0.1, 0.15) is 23.3 Å². The highest BCUT2D eigenvalue weighted by Crippen LogP contribution is 2.55. The normalized spacial score (nSPS) is 19.5. The van der Waals surface area contributed by atoms with Crippen LogP contribution in [0, 0.1) is 5.92 Å². The van der Waals surface area contributed by atoms with Gasteiger partial charge >= 0.3 is 0 Å². The zero-order chi connectivity index (χ0) is 37.0. The van der Waals surface area contributed by atoms with Crippen molar-refractivity contribution in [1.29, 1.82) is 0 Å². The van der Waals surface area contributed by atoms with Crippen molar-refractivity contribution in [2.75, 3.05) is 4.90 Å². The van der Waals surface area contributed by atoms with E-state index in [0.29, 0.717) is 5.92 Å². The van der Waals surface area contributed by atoms with Gasteiger partial charge in [0.1, 0.15) is 11.3 Å². The minimum Gasteiger partial charge on any atom is -0.455 e. The van der Waals surface area contributed by atoms with Gasteiger partial charge in [0, 0.05) is 51.3 Å². The van der Waals surface area contributed by atoms with E-state index in [1.54, 1.807) is 0 Å². The van der Waals surface area contributed by atoms with E-state index in [1.165, 1.54) is 22.3 Å². The Labute approximate surface area is 327 Å². The van der Waals surface area contributed by atoms with Crippen molar-refractivity contribution in [3.63, 3.8) is 0 Å². The van der Waals surface area contributed by atoms with Crippen LogP contribution in [-0.4, -0.2) is 6.04 Å². The Kier molecular flexibility index (Phi) is 7.90. The lowest BCUT2D eigenvalue weighted by atomic mass is 9.81. The highest BCUT2D eigenvalue weighted by Gasteiger charge is 2.37. The minimum atomic E-state index is -0.0640. The Hall–Kier alpha value is -6.72. The zero-order valence-electron chi connectivity index (χ0n) is 30.7. The Bertz CT molecular complexity index is 2790. The van der Waals surface area contributed by atoms with Gasteiger partial charge in [-0.25, -0.2) is 0 Å². The maximum absolute atomic E-state index is 7.20. The Morgan fingerprint density at radius 2 is 1.14 bits per heavy atom. The Balaban J connectivity index is 1.12. The van der Waals surface area contributed by atoms with Gasteiger partial charge in [0.25, 0.3) is 0 Å². The number of para-hydroxylation sites is 1. The van der Waals surface area contributed by atoms with E-state index in [9.17, 15) is 0 Å². The van der Waals surface area contributed by atoms with Gasteiger partial charge < -0.3 is 9.32 Å². The van der Waals surface area contributed by atoms with Crippen LogP contribution in [-0.2, 0) is 0 Å². The average molecular weight is 722 g/mol. The van der Waals surface area contributed by atoms with Crippen LogP contribution >= 0.6 is 0 Å². The second kappa shape index (κ2) is 13.5. The lowest BCUT2D eigenvalue weighted by Gasteiger charge is -2.43. The molecule has 8 aromatic rings. The highest BCUT2D eigenvalue weighted by molar-refractivity contribution is 6.14. The van der Waals surface area contributed by atoms with E-state index >= 15 is 0 Å². The van der Waals surface area contributed by atoms with Crippen LogP contribution in [0.2, 0.25) is 0 Å². The van der Waals surface area contributed by atoms with Gasteiger partial charge in [0.2, 0.25) is 0 Å². The number of anilines is 3. The molecule has 4 heteroatoms. The molecule has 1 fully saturated rings. The highest BCUT2D eigenvalue weighted by atomic mass is 16.3. The SMILES string of the molecule is C1=CC2NC(c3cccc(N4c5ccccc5-c5ccccc5-c5c4ccc4c(-c6ccccc6)c(-c6ccccc6)oc54)c3)NC(c3ccccc3)C2C=C1. The first kappa shape index (κ1) is 32.7. The van der Waals surface area contributed by atoms with Crippen molar-refractivity contribution in [1.82, 2.24) is 10.6 Å². The van der Waals surface area contributed by atoms with Crippen molar-refractivity contribution in [2.45, 2.75) is 18.2 Å². The van der Waals surface area contributed by atoms with Crippen LogP contribution in [0.5, 0.6) is 0 Å². The van der Waals surface area contributed by atoms with Crippen LogP contribution in [0.15, 0.2) is 205 Å². The molecular formula is C52H39N3O. The molecule has 3 heterocycles. The molecule has 2 aliphatic heterocycles. The third-order valence-electron chi connectivity index (χ3n) is 11.7. The van der Waals surface area contributed by atoms with Gasteiger partial charge in [-0.2, -0.15) is 0 Å². The molecule has 0 saturated carbocycles. The van der Waals surface area contributed by atoms with Gasteiger partial charge in [0.15, 0.2) is 0 Å². The van der Waals surface area contributed by atoms with E-state index in [2.05, 4.69) is 216 Å². The van der Waals surface area contributed by atoms with Crippen molar-refractivity contribution in [3.05, 3.63) is 211 Å². The van der Waals surface area contributed by atoms with E-state index in [-0.39, 0.29) is 18.2 Å². The predicted molar refractivity (Wildman–Crippen MR) is 230 cm³/mol. The van der Waals surface area contributed by atoms with E-state index in [0.717, 1.165) is 61.6 Å². The predicted octanol–water partition coefficient (Wildman–Crippen LogP) is 12.9. The zero-order valence-corrected chi connectivity index (χ0v) is 30.7. The minimum absolute atomic E-state index is 0.0640. The molecule has 0 radical (unpaired) electrons. The van der Waals surface area contributed by atoms with Gasteiger partial charge in [-0.05, 0) is 58.1 Å². The molecule has 11 rings (SSSR count). The second-order valence-corrected chi connectivity index (χ2v) is 14.9. The molecule has 4 unspecified atom stereocenters. The lowest BCUT2D eigenvalue weighted by Crippen LogP contribution is -2.54. The monoisotopic (exact) mass is 721 g/mol. The van der Waals surface area contributed by atoms with Gasteiger partial charge in [0.05, 0.1) is 17.5 Å². The van der Waals surface area contributed by atoms with Gasteiger partial charge in [-0.3, -0.25) is 10.6 Å². The first-order valence-electron chi connectivity index (χ1n) is 19.5. The number of hydrogen-bond donors (Lipinski definition) is 2. The molecule has 3 aliphatic rings. The fraction of sp³-hybridized carbons (Fsp3) is 0.0769. The summed E-state index contributed by atoms with van der Waals surface area (Å²) in [5.41, 5.74) is 14.5. The van der Waals surface area contributed by atoms with E-state index in [1.807, 2.05) is 0 Å². The van der Waals surface area contributed by atoms with E-state index in [4.69, 9.17) is 4.42 Å². The summed E-state index contributed by atoms with van der Waals surface area (Å²) in [7, 11) is 0. The standard InChI is InChI=1S/C52H39N3O/c1-4-17-34(18-5-1)47-43-31-32-46-48(51(43)56-50(47)36-21-8-3-9-22-36)41-27-11-10-25-39(41)40-26-13-15-30-45(40)55(46)38-24-16-23-37(33-38)52-53-44-29-14-12-28-42(44)49(54-52)35-19-6-2-7-20-35/h1-33,42,44,49,52-54H. The number of hydrogen-bond acceptors (Lipinski definition) is 4. The number of rotatable bonds is 5. The van der Waals surface area contributed by atoms with Crippen molar-refractivity contribution in [2.24, 2.45) is 5.92 Å². The topological polar surface area (TPSA) is 40.4 Å². The largest absolute Gasteiger partial charge is 0.455 e. The quantitative estimate of drug-likeness (QED) is 0.186. The third kappa shape index (κ3) is 5.37. The number of furan rings is 1. The number of nitrogens with zero attached hydrogens (tertiary/aromatic N) is 1. The summed E-state index contributed by atoms with van der Waals surface area (Å²) in [6.45, 7) is 0. The first-order valence-corrected chi connectivity index (χ1v) is 19.5. The molecular weight excluding hydrogens is 683 g/mol. The summed E-state index contributed by atoms with van der Waals surface area (Å²) in [6, 6.07) is 63.5. The number of fused-ring (bicyclic) bond motifs is 8. The van der Waals surface area contributed by atoms with Gasteiger partial charge in [-0.15, -0.1) is 0 Å². The van der Waals surface area contributed by atoms with Crippen LogP contribution < -0.4 is 15.5 Å². The van der Waals surface area contributed by atoms with E-state index < -0.39 is 0 Å². The van der Waals surface area contributed by atoms with Crippen LogP contribution in [0.3, 0.4) is 0 Å². The van der Waals surface area contributed by atoms with Crippen LogP contribution in [0.25, 0.3) is 55.7 Å². The maximum atomic E-state index is 7.20. The lowest BCUT2D eigenvalue weighted by molar-refractivity contribution is 0.218. The summed E-state index contributed by atoms with van der Waals surface area (Å²) in [5.74, 6) is 1.18. The summed E-state index contributed by atoms with van der Waals surface area (Å²) < 4.78 is 7.20. The Morgan fingerprint density at radius 3 is 1.95 bits per heavy atom. The summed E-state index contributed by atoms with van der Waals surface area (Å²) >= 11 is 0. The van der Waals surface area contributed by atoms with Crippen LogP contribution in [0.4, 0.5) is 17.1 Å². The molecule has 2 N–H and O–H groups in total. The molecule has 56 heavy (non-hydrogen) atoms. The Morgan fingerprint density at radius 1 is 0.482 bits per heavy atom. The summed E-state index contributed by atoms with van der Waals surface area (Å²) in [5, 5.41) is 9.06. The average Bonchev–Trinajstić information content (AvgIpc) is 3.61.